The maximum atomic E-state index is 13.6. The van der Waals surface area contributed by atoms with Crippen molar-refractivity contribution in [3.8, 4) is 0 Å². The van der Waals surface area contributed by atoms with Crippen LogP contribution >= 0.6 is 0 Å². The monoisotopic (exact) mass is 345 g/mol. The Balaban J connectivity index is 1.67. The van der Waals surface area contributed by atoms with E-state index >= 15 is 0 Å². The third-order valence-electron chi connectivity index (χ3n) is 4.72. The second-order valence-electron chi connectivity index (χ2n) is 6.19. The smallest absolute Gasteiger partial charge is 0.236 e. The van der Waals surface area contributed by atoms with Gasteiger partial charge in [0, 0.05) is 44.7 Å². The van der Waals surface area contributed by atoms with E-state index in [2.05, 4.69) is 19.8 Å². The number of fused-ring (bicyclic) bond motifs is 1. The summed E-state index contributed by atoms with van der Waals surface area (Å²) in [5.41, 5.74) is 0.741. The Hall–Kier alpha value is -2.28. The Morgan fingerprint density at radius 2 is 1.88 bits per heavy atom. The molecule has 0 radical (unpaired) electrons. The first-order valence-corrected chi connectivity index (χ1v) is 8.77. The zero-order valence-electron chi connectivity index (χ0n) is 14.8. The summed E-state index contributed by atoms with van der Waals surface area (Å²) < 4.78 is 13.6. The molecule has 134 valence electrons. The van der Waals surface area contributed by atoms with Gasteiger partial charge in [0.05, 0.1) is 12.1 Å². The van der Waals surface area contributed by atoms with Crippen LogP contribution < -0.4 is 4.90 Å². The number of likely N-dealkylation sites (N-methyl/N-ethyl adjacent to an activating group) is 1. The highest BCUT2D eigenvalue weighted by Crippen LogP contribution is 2.24. The molecule has 1 amide bonds. The van der Waals surface area contributed by atoms with Crippen LogP contribution in [0.5, 0.6) is 0 Å². The van der Waals surface area contributed by atoms with Gasteiger partial charge < -0.3 is 9.80 Å². The zero-order valence-corrected chi connectivity index (χ0v) is 14.8. The maximum Gasteiger partial charge on any atom is 0.236 e. The fraction of sp³-hybridized carbons (Fsp3) is 0.500. The topological polar surface area (TPSA) is 52.6 Å². The van der Waals surface area contributed by atoms with Crippen LogP contribution in [0.1, 0.15) is 13.8 Å². The minimum Gasteiger partial charge on any atom is -0.353 e. The number of hydrogen-bond acceptors (Lipinski definition) is 5. The fourth-order valence-corrected chi connectivity index (χ4v) is 3.25. The highest BCUT2D eigenvalue weighted by atomic mass is 19.1. The summed E-state index contributed by atoms with van der Waals surface area (Å²) in [5.74, 6) is 0.652. The molecule has 1 fully saturated rings. The molecule has 1 aromatic heterocycles. The molecule has 1 aliphatic heterocycles. The summed E-state index contributed by atoms with van der Waals surface area (Å²) in [6.45, 7) is 9.03. The lowest BCUT2D eigenvalue weighted by Crippen LogP contribution is -2.50. The van der Waals surface area contributed by atoms with Crippen LogP contribution in [0, 0.1) is 5.82 Å². The van der Waals surface area contributed by atoms with Gasteiger partial charge in [0.15, 0.2) is 0 Å². The predicted octanol–water partition coefficient (Wildman–Crippen LogP) is 1.76. The molecule has 0 bridgehead atoms. The quantitative estimate of drug-likeness (QED) is 0.826. The lowest BCUT2D eigenvalue weighted by molar-refractivity contribution is -0.132. The summed E-state index contributed by atoms with van der Waals surface area (Å²) in [5, 5.41) is 0.732. The molecule has 0 unspecified atom stereocenters. The van der Waals surface area contributed by atoms with Crippen molar-refractivity contribution >= 4 is 22.6 Å². The molecule has 1 aliphatic rings. The number of amides is 1. The second kappa shape index (κ2) is 7.74. The molecule has 0 saturated carbocycles. The van der Waals surface area contributed by atoms with Gasteiger partial charge in [0.1, 0.15) is 18.0 Å². The number of hydrogen-bond donors (Lipinski definition) is 0. The summed E-state index contributed by atoms with van der Waals surface area (Å²) in [7, 11) is 0. The number of aromatic nitrogens is 2. The molecule has 7 heteroatoms. The molecule has 0 atom stereocenters. The van der Waals surface area contributed by atoms with Crippen LogP contribution in [0.25, 0.3) is 10.9 Å². The number of anilines is 1. The van der Waals surface area contributed by atoms with Crippen LogP contribution in [0.3, 0.4) is 0 Å². The average Bonchev–Trinajstić information content (AvgIpc) is 2.63. The molecular formula is C18H24FN5O. The summed E-state index contributed by atoms with van der Waals surface area (Å²) in [6.07, 6.45) is 1.52. The van der Waals surface area contributed by atoms with Crippen molar-refractivity contribution in [1.82, 2.24) is 19.8 Å². The normalized spacial score (nSPS) is 15.6. The number of benzene rings is 1. The highest BCUT2D eigenvalue weighted by Gasteiger charge is 2.22. The van der Waals surface area contributed by atoms with Gasteiger partial charge in [-0.2, -0.15) is 0 Å². The first-order chi connectivity index (χ1) is 12.1. The van der Waals surface area contributed by atoms with Gasteiger partial charge in [0.25, 0.3) is 0 Å². The number of carbonyl (C=O) groups is 1. The van der Waals surface area contributed by atoms with E-state index in [0.29, 0.717) is 6.54 Å². The summed E-state index contributed by atoms with van der Waals surface area (Å²) in [6, 6.07) is 4.58. The minimum atomic E-state index is -0.285. The van der Waals surface area contributed by atoms with E-state index in [-0.39, 0.29) is 11.7 Å². The van der Waals surface area contributed by atoms with Crippen LogP contribution in [0.15, 0.2) is 24.5 Å². The fourth-order valence-electron chi connectivity index (χ4n) is 3.25. The van der Waals surface area contributed by atoms with E-state index in [9.17, 15) is 9.18 Å². The van der Waals surface area contributed by atoms with Crippen molar-refractivity contribution in [3.05, 3.63) is 30.3 Å². The first-order valence-electron chi connectivity index (χ1n) is 8.77. The standard InChI is InChI=1S/C18H24FN5O/c1-3-23(4-2)17(25)12-22-7-9-24(10-8-22)18-15-11-14(19)5-6-16(15)20-13-21-18/h5-6,11,13H,3-4,7-10,12H2,1-2H3. The predicted molar refractivity (Wildman–Crippen MR) is 96.1 cm³/mol. The van der Waals surface area contributed by atoms with Gasteiger partial charge in [-0.3, -0.25) is 9.69 Å². The third kappa shape index (κ3) is 3.87. The molecule has 6 nitrogen and oxygen atoms in total. The lowest BCUT2D eigenvalue weighted by atomic mass is 10.2. The number of piperazine rings is 1. The van der Waals surface area contributed by atoms with Gasteiger partial charge in [-0.25, -0.2) is 14.4 Å². The Kier molecular flexibility index (Phi) is 5.43. The molecule has 0 N–H and O–H groups in total. The van der Waals surface area contributed by atoms with E-state index < -0.39 is 0 Å². The molecule has 2 aromatic rings. The van der Waals surface area contributed by atoms with E-state index in [4.69, 9.17) is 0 Å². The highest BCUT2D eigenvalue weighted by molar-refractivity contribution is 5.89. The van der Waals surface area contributed by atoms with E-state index in [0.717, 1.165) is 56.0 Å². The first kappa shape index (κ1) is 17.5. The zero-order chi connectivity index (χ0) is 17.8. The molecule has 3 rings (SSSR count). The van der Waals surface area contributed by atoms with E-state index in [1.807, 2.05) is 18.7 Å². The molecular weight excluding hydrogens is 321 g/mol. The van der Waals surface area contributed by atoms with Crippen molar-refractivity contribution in [2.24, 2.45) is 0 Å². The Morgan fingerprint density at radius 3 is 2.56 bits per heavy atom. The number of halogens is 1. The van der Waals surface area contributed by atoms with Crippen molar-refractivity contribution in [1.29, 1.82) is 0 Å². The van der Waals surface area contributed by atoms with Crippen molar-refractivity contribution in [2.75, 3.05) is 50.7 Å². The van der Waals surface area contributed by atoms with Crippen molar-refractivity contribution in [3.63, 3.8) is 0 Å². The molecule has 25 heavy (non-hydrogen) atoms. The second-order valence-corrected chi connectivity index (χ2v) is 6.19. The minimum absolute atomic E-state index is 0.174. The number of rotatable bonds is 5. The van der Waals surface area contributed by atoms with Crippen LogP contribution in [0.2, 0.25) is 0 Å². The van der Waals surface area contributed by atoms with Gasteiger partial charge in [-0.05, 0) is 32.0 Å². The summed E-state index contributed by atoms with van der Waals surface area (Å²) >= 11 is 0. The van der Waals surface area contributed by atoms with Crippen molar-refractivity contribution < 1.29 is 9.18 Å². The molecule has 0 spiro atoms. The Morgan fingerprint density at radius 1 is 1.16 bits per heavy atom. The van der Waals surface area contributed by atoms with E-state index in [1.54, 1.807) is 6.07 Å². The van der Waals surface area contributed by atoms with Gasteiger partial charge >= 0.3 is 0 Å². The Labute approximate surface area is 147 Å². The van der Waals surface area contributed by atoms with Crippen LogP contribution in [-0.2, 0) is 4.79 Å². The molecule has 2 heterocycles. The van der Waals surface area contributed by atoms with Crippen molar-refractivity contribution in [2.45, 2.75) is 13.8 Å². The Bertz CT molecular complexity index is 741. The van der Waals surface area contributed by atoms with Gasteiger partial charge in [0.2, 0.25) is 5.91 Å². The van der Waals surface area contributed by atoms with Gasteiger partial charge in [-0.15, -0.1) is 0 Å². The third-order valence-corrected chi connectivity index (χ3v) is 4.72. The molecule has 0 aliphatic carbocycles. The van der Waals surface area contributed by atoms with Crippen LogP contribution in [-0.4, -0.2) is 71.5 Å². The van der Waals surface area contributed by atoms with Gasteiger partial charge in [-0.1, -0.05) is 0 Å². The number of carbonyl (C=O) groups excluding carboxylic acids is 1. The largest absolute Gasteiger partial charge is 0.353 e. The van der Waals surface area contributed by atoms with Crippen LogP contribution in [0.4, 0.5) is 10.2 Å². The number of nitrogens with zero attached hydrogens (tertiary/aromatic N) is 5. The van der Waals surface area contributed by atoms with E-state index in [1.165, 1.54) is 18.5 Å². The lowest BCUT2D eigenvalue weighted by Gasteiger charge is -2.36. The summed E-state index contributed by atoms with van der Waals surface area (Å²) in [4.78, 5) is 27.0. The SMILES string of the molecule is CCN(CC)C(=O)CN1CCN(c2ncnc3ccc(F)cc23)CC1. The maximum absolute atomic E-state index is 13.6. The average molecular weight is 345 g/mol. The molecule has 1 saturated heterocycles. The molecule has 1 aromatic carbocycles.